The Morgan fingerprint density at radius 1 is 1.00 bits per heavy atom. The Morgan fingerprint density at radius 2 is 1.59 bits per heavy atom. The predicted molar refractivity (Wildman–Crippen MR) is 106 cm³/mol. The largest absolute Gasteiger partial charge is 0.373 e. The molecule has 27 heavy (non-hydrogen) atoms. The second kappa shape index (κ2) is 9.37. The van der Waals surface area contributed by atoms with Crippen LogP contribution in [0.1, 0.15) is 33.6 Å². The lowest BCUT2D eigenvalue weighted by Gasteiger charge is -2.41. The SMILES string of the molecule is CC1CN(S(=O)(=O)N2CCN(C(=O)[C@H]3CCN[C@@H](C)C3)CC2)CC(C)O1.Cl. The van der Waals surface area contributed by atoms with Crippen LogP contribution >= 0.6 is 12.4 Å². The predicted octanol–water partition coefficient (Wildman–Crippen LogP) is 0.295. The normalized spacial score (nSPS) is 34.1. The number of amides is 1. The van der Waals surface area contributed by atoms with Crippen molar-refractivity contribution in [2.24, 2.45) is 5.92 Å². The van der Waals surface area contributed by atoms with Crippen molar-refractivity contribution in [3.8, 4) is 0 Å². The zero-order valence-corrected chi connectivity index (χ0v) is 18.1. The average molecular weight is 425 g/mol. The molecule has 3 aliphatic heterocycles. The highest BCUT2D eigenvalue weighted by atomic mass is 35.5. The number of nitrogens with one attached hydrogen (secondary N) is 1. The number of carbonyl (C=O) groups excluding carboxylic acids is 1. The van der Waals surface area contributed by atoms with Crippen LogP contribution in [0.15, 0.2) is 0 Å². The van der Waals surface area contributed by atoms with Crippen molar-refractivity contribution < 1.29 is 17.9 Å². The Bertz CT molecular complexity index is 602. The van der Waals surface area contributed by atoms with Gasteiger partial charge in [-0.05, 0) is 40.2 Å². The second-order valence-corrected chi connectivity index (χ2v) is 9.81. The lowest BCUT2D eigenvalue weighted by molar-refractivity contribution is -0.137. The molecule has 0 aromatic heterocycles. The van der Waals surface area contributed by atoms with Gasteiger partial charge in [0.05, 0.1) is 12.2 Å². The van der Waals surface area contributed by atoms with Gasteiger partial charge in [0.15, 0.2) is 0 Å². The van der Waals surface area contributed by atoms with Gasteiger partial charge >= 0.3 is 0 Å². The van der Waals surface area contributed by atoms with Crippen molar-refractivity contribution in [1.82, 2.24) is 18.8 Å². The van der Waals surface area contributed by atoms with E-state index in [4.69, 9.17) is 4.74 Å². The molecule has 158 valence electrons. The van der Waals surface area contributed by atoms with Crippen molar-refractivity contribution in [1.29, 1.82) is 0 Å². The fraction of sp³-hybridized carbons (Fsp3) is 0.941. The standard InChI is InChI=1S/C17H32N4O4S.ClH/c1-13-10-16(4-5-18-13)17(22)19-6-8-20(9-7-19)26(23,24)21-11-14(2)25-15(3)12-21;/h13-16,18H,4-12H2,1-3H3;1H/t13-,14?,15?,16-;/m0./s1. The third kappa shape index (κ3) is 5.33. The van der Waals surface area contributed by atoms with E-state index < -0.39 is 10.2 Å². The highest BCUT2D eigenvalue weighted by molar-refractivity contribution is 7.86. The van der Waals surface area contributed by atoms with E-state index in [0.717, 1.165) is 19.4 Å². The molecule has 3 rings (SSSR count). The maximum atomic E-state index is 12.9. The maximum Gasteiger partial charge on any atom is 0.282 e. The summed E-state index contributed by atoms with van der Waals surface area (Å²) in [7, 11) is -3.49. The van der Waals surface area contributed by atoms with E-state index in [2.05, 4.69) is 12.2 Å². The summed E-state index contributed by atoms with van der Waals surface area (Å²) in [4.78, 5) is 14.6. The van der Waals surface area contributed by atoms with E-state index in [9.17, 15) is 13.2 Å². The summed E-state index contributed by atoms with van der Waals surface area (Å²) in [6.45, 7) is 9.25. The van der Waals surface area contributed by atoms with E-state index in [0.29, 0.717) is 45.3 Å². The zero-order chi connectivity index (χ0) is 18.9. The van der Waals surface area contributed by atoms with Gasteiger partial charge in [-0.15, -0.1) is 12.4 Å². The van der Waals surface area contributed by atoms with Gasteiger partial charge in [0.1, 0.15) is 0 Å². The van der Waals surface area contributed by atoms with Gasteiger partial charge in [-0.25, -0.2) is 0 Å². The molecule has 4 atom stereocenters. The molecule has 3 heterocycles. The number of piperidine rings is 1. The molecule has 0 bridgehead atoms. The van der Waals surface area contributed by atoms with Crippen molar-refractivity contribution >= 4 is 28.5 Å². The summed E-state index contributed by atoms with van der Waals surface area (Å²) in [5.74, 6) is 0.249. The van der Waals surface area contributed by atoms with Crippen LogP contribution < -0.4 is 5.32 Å². The zero-order valence-electron chi connectivity index (χ0n) is 16.5. The van der Waals surface area contributed by atoms with Crippen molar-refractivity contribution in [3.63, 3.8) is 0 Å². The summed E-state index contributed by atoms with van der Waals surface area (Å²) in [5, 5.41) is 3.37. The molecule has 3 aliphatic rings. The molecule has 0 saturated carbocycles. The first kappa shape index (κ1) is 22.8. The fourth-order valence-electron chi connectivity index (χ4n) is 4.24. The van der Waals surface area contributed by atoms with Gasteiger partial charge in [0.2, 0.25) is 5.91 Å². The molecule has 3 saturated heterocycles. The first-order chi connectivity index (χ1) is 12.3. The smallest absolute Gasteiger partial charge is 0.282 e. The molecular weight excluding hydrogens is 392 g/mol. The Labute approximate surface area is 169 Å². The summed E-state index contributed by atoms with van der Waals surface area (Å²) >= 11 is 0. The lowest BCUT2D eigenvalue weighted by Crippen LogP contribution is -2.58. The maximum absolute atomic E-state index is 12.9. The molecule has 0 aliphatic carbocycles. The van der Waals surface area contributed by atoms with Crippen LogP contribution in [0, 0.1) is 5.92 Å². The number of ether oxygens (including phenoxy) is 1. The Kier molecular flexibility index (Phi) is 7.92. The van der Waals surface area contributed by atoms with Crippen LogP contribution in [0.3, 0.4) is 0 Å². The van der Waals surface area contributed by atoms with Crippen LogP contribution in [0.25, 0.3) is 0 Å². The van der Waals surface area contributed by atoms with Gasteiger partial charge in [0.25, 0.3) is 10.2 Å². The number of hydrogen-bond acceptors (Lipinski definition) is 5. The number of piperazine rings is 1. The molecule has 0 radical (unpaired) electrons. The summed E-state index contributed by atoms with van der Waals surface area (Å²) in [6.07, 6.45) is 1.53. The molecule has 10 heteroatoms. The minimum atomic E-state index is -3.49. The fourth-order valence-corrected chi connectivity index (χ4v) is 5.98. The molecule has 0 aromatic rings. The van der Waals surface area contributed by atoms with Gasteiger partial charge < -0.3 is 15.0 Å². The highest BCUT2D eigenvalue weighted by Crippen LogP contribution is 2.22. The Balaban J connectivity index is 0.00000261. The number of morpholine rings is 1. The molecular formula is C17H33ClN4O4S. The van der Waals surface area contributed by atoms with Crippen molar-refractivity contribution in [3.05, 3.63) is 0 Å². The molecule has 3 fully saturated rings. The summed E-state index contributed by atoms with van der Waals surface area (Å²) < 4.78 is 34.6. The lowest BCUT2D eigenvalue weighted by atomic mass is 9.92. The van der Waals surface area contributed by atoms with E-state index >= 15 is 0 Å². The quantitative estimate of drug-likeness (QED) is 0.704. The number of hydrogen-bond donors (Lipinski definition) is 1. The first-order valence-electron chi connectivity index (χ1n) is 9.70. The molecule has 2 unspecified atom stereocenters. The van der Waals surface area contributed by atoms with Crippen molar-refractivity contribution in [2.75, 3.05) is 45.8 Å². The third-order valence-electron chi connectivity index (χ3n) is 5.56. The minimum Gasteiger partial charge on any atom is -0.373 e. The first-order valence-corrected chi connectivity index (χ1v) is 11.1. The van der Waals surface area contributed by atoms with Crippen LogP contribution in [0.2, 0.25) is 0 Å². The van der Waals surface area contributed by atoms with Gasteiger partial charge in [0, 0.05) is 51.2 Å². The topological polar surface area (TPSA) is 82.2 Å². The molecule has 0 aromatic carbocycles. The van der Waals surface area contributed by atoms with Gasteiger partial charge in [-0.1, -0.05) is 0 Å². The number of halogens is 1. The van der Waals surface area contributed by atoms with Crippen LogP contribution in [0.5, 0.6) is 0 Å². The number of nitrogens with zero attached hydrogens (tertiary/aromatic N) is 3. The van der Waals surface area contributed by atoms with E-state index in [1.807, 2.05) is 18.7 Å². The highest BCUT2D eigenvalue weighted by Gasteiger charge is 2.38. The van der Waals surface area contributed by atoms with Crippen LogP contribution in [-0.4, -0.2) is 91.9 Å². The number of carbonyl (C=O) groups is 1. The van der Waals surface area contributed by atoms with Crippen molar-refractivity contribution in [2.45, 2.75) is 51.9 Å². The molecule has 8 nitrogen and oxygen atoms in total. The minimum absolute atomic E-state index is 0. The van der Waals surface area contributed by atoms with E-state index in [1.165, 1.54) is 8.61 Å². The summed E-state index contributed by atoms with van der Waals surface area (Å²) in [5.41, 5.74) is 0. The number of rotatable bonds is 3. The summed E-state index contributed by atoms with van der Waals surface area (Å²) in [6, 6.07) is 0.365. The van der Waals surface area contributed by atoms with Gasteiger partial charge in [-0.2, -0.15) is 17.0 Å². The Hall–Kier alpha value is -0.450. The van der Waals surface area contributed by atoms with Gasteiger partial charge in [-0.3, -0.25) is 4.79 Å². The molecule has 1 N–H and O–H groups in total. The Morgan fingerprint density at radius 3 is 2.15 bits per heavy atom. The van der Waals surface area contributed by atoms with E-state index in [1.54, 1.807) is 0 Å². The third-order valence-corrected chi connectivity index (χ3v) is 7.53. The van der Waals surface area contributed by atoms with Crippen LogP contribution in [0.4, 0.5) is 0 Å². The second-order valence-electron chi connectivity index (χ2n) is 7.88. The molecule has 0 spiro atoms. The van der Waals surface area contributed by atoms with Crippen LogP contribution in [-0.2, 0) is 19.7 Å². The molecule has 1 amide bonds. The monoisotopic (exact) mass is 424 g/mol. The average Bonchev–Trinajstić information content (AvgIpc) is 2.60. The van der Waals surface area contributed by atoms with E-state index in [-0.39, 0.29) is 36.4 Å².